The maximum atomic E-state index is 11.8. The smallest absolute Gasteiger partial charge is 0.252 e. The average Bonchev–Trinajstić information content (AvgIpc) is 2.27. The van der Waals surface area contributed by atoms with Gasteiger partial charge in [0.15, 0.2) is 0 Å². The normalized spacial score (nSPS) is 10.2. The van der Waals surface area contributed by atoms with E-state index in [4.69, 9.17) is 0 Å². The second-order valence-electron chi connectivity index (χ2n) is 3.27. The SMILES string of the molecule is CSCCCNC(=O)c1cc(S)ccc1Br. The molecule has 0 radical (unpaired) electrons. The minimum Gasteiger partial charge on any atom is -0.352 e. The van der Waals surface area contributed by atoms with Gasteiger partial charge in [-0.05, 0) is 52.6 Å². The monoisotopic (exact) mass is 319 g/mol. The lowest BCUT2D eigenvalue weighted by molar-refractivity contribution is 0.0953. The standard InChI is InChI=1S/C11H14BrNOS2/c1-16-6-2-5-13-11(14)9-7-8(15)3-4-10(9)12/h3-4,7,15H,2,5-6H2,1H3,(H,13,14). The van der Waals surface area contributed by atoms with E-state index in [1.807, 2.05) is 12.1 Å². The summed E-state index contributed by atoms with van der Waals surface area (Å²) in [5.41, 5.74) is 0.636. The van der Waals surface area contributed by atoms with E-state index < -0.39 is 0 Å². The van der Waals surface area contributed by atoms with Gasteiger partial charge in [-0.25, -0.2) is 0 Å². The van der Waals surface area contributed by atoms with Crippen molar-refractivity contribution in [2.24, 2.45) is 0 Å². The zero-order valence-electron chi connectivity index (χ0n) is 9.00. The van der Waals surface area contributed by atoms with Crippen LogP contribution in [-0.2, 0) is 0 Å². The first-order valence-electron chi connectivity index (χ1n) is 4.91. The molecule has 88 valence electrons. The molecule has 2 nitrogen and oxygen atoms in total. The molecule has 0 fully saturated rings. The molecule has 0 aromatic heterocycles. The average molecular weight is 320 g/mol. The first-order chi connectivity index (χ1) is 7.65. The quantitative estimate of drug-likeness (QED) is 0.644. The second kappa shape index (κ2) is 7.25. The Bertz CT molecular complexity index is 371. The third-order valence-corrected chi connectivity index (χ3v) is 3.67. The Hall–Kier alpha value is -0.130. The Kier molecular flexibility index (Phi) is 6.31. The van der Waals surface area contributed by atoms with E-state index in [0.717, 1.165) is 21.5 Å². The number of amides is 1. The maximum Gasteiger partial charge on any atom is 0.252 e. The van der Waals surface area contributed by atoms with Gasteiger partial charge in [0, 0.05) is 15.9 Å². The Morgan fingerprint density at radius 1 is 1.56 bits per heavy atom. The summed E-state index contributed by atoms with van der Waals surface area (Å²) >= 11 is 9.35. The topological polar surface area (TPSA) is 29.1 Å². The highest BCUT2D eigenvalue weighted by molar-refractivity contribution is 9.10. The van der Waals surface area contributed by atoms with E-state index in [9.17, 15) is 4.79 Å². The summed E-state index contributed by atoms with van der Waals surface area (Å²) in [7, 11) is 0. The van der Waals surface area contributed by atoms with Gasteiger partial charge < -0.3 is 5.32 Å². The van der Waals surface area contributed by atoms with Crippen molar-refractivity contribution in [3.05, 3.63) is 28.2 Å². The van der Waals surface area contributed by atoms with Gasteiger partial charge in [0.05, 0.1) is 5.56 Å². The van der Waals surface area contributed by atoms with E-state index in [1.54, 1.807) is 17.8 Å². The number of carbonyl (C=O) groups is 1. The molecule has 0 aliphatic rings. The highest BCUT2D eigenvalue weighted by Crippen LogP contribution is 2.20. The summed E-state index contributed by atoms with van der Waals surface area (Å²) in [4.78, 5) is 12.6. The summed E-state index contributed by atoms with van der Waals surface area (Å²) < 4.78 is 0.799. The molecule has 1 aromatic carbocycles. The summed E-state index contributed by atoms with van der Waals surface area (Å²) in [5.74, 6) is 1.01. The molecule has 0 spiro atoms. The van der Waals surface area contributed by atoms with Crippen molar-refractivity contribution in [2.75, 3.05) is 18.6 Å². The molecule has 0 aliphatic heterocycles. The number of thioether (sulfide) groups is 1. The number of halogens is 1. The van der Waals surface area contributed by atoms with Crippen LogP contribution in [0.3, 0.4) is 0 Å². The van der Waals surface area contributed by atoms with Gasteiger partial charge in [-0.15, -0.1) is 12.6 Å². The number of carbonyl (C=O) groups excluding carboxylic acids is 1. The fourth-order valence-corrected chi connectivity index (χ4v) is 2.26. The van der Waals surface area contributed by atoms with Crippen LogP contribution in [0.2, 0.25) is 0 Å². The molecule has 0 heterocycles. The fraction of sp³-hybridized carbons (Fsp3) is 0.364. The van der Waals surface area contributed by atoms with Crippen LogP contribution in [0.15, 0.2) is 27.6 Å². The van der Waals surface area contributed by atoms with Crippen LogP contribution in [0.1, 0.15) is 16.8 Å². The Labute approximate surface area is 114 Å². The van der Waals surface area contributed by atoms with Crippen molar-refractivity contribution >= 4 is 46.2 Å². The van der Waals surface area contributed by atoms with E-state index in [1.165, 1.54) is 0 Å². The third kappa shape index (κ3) is 4.39. The van der Waals surface area contributed by atoms with Crippen molar-refractivity contribution in [1.82, 2.24) is 5.32 Å². The Morgan fingerprint density at radius 2 is 2.31 bits per heavy atom. The Balaban J connectivity index is 2.55. The van der Waals surface area contributed by atoms with Crippen LogP contribution < -0.4 is 5.32 Å². The predicted octanol–water partition coefficient (Wildman–Crippen LogP) is 3.22. The molecular weight excluding hydrogens is 306 g/mol. The highest BCUT2D eigenvalue weighted by atomic mass is 79.9. The molecule has 1 amide bonds. The van der Waals surface area contributed by atoms with Crippen LogP contribution in [0.5, 0.6) is 0 Å². The number of nitrogens with one attached hydrogen (secondary N) is 1. The first-order valence-corrected chi connectivity index (χ1v) is 7.54. The lowest BCUT2D eigenvalue weighted by Gasteiger charge is -2.07. The van der Waals surface area contributed by atoms with Gasteiger partial charge in [0.2, 0.25) is 0 Å². The van der Waals surface area contributed by atoms with Crippen molar-refractivity contribution in [3.63, 3.8) is 0 Å². The largest absolute Gasteiger partial charge is 0.352 e. The molecule has 1 N–H and O–H groups in total. The number of hydrogen-bond acceptors (Lipinski definition) is 3. The minimum atomic E-state index is -0.0520. The number of benzene rings is 1. The summed E-state index contributed by atoms with van der Waals surface area (Å²) in [6, 6.07) is 5.44. The molecule has 0 bridgehead atoms. The molecule has 0 aliphatic carbocycles. The molecule has 0 saturated carbocycles. The summed E-state index contributed by atoms with van der Waals surface area (Å²) in [6.07, 6.45) is 3.05. The molecule has 0 unspecified atom stereocenters. The summed E-state index contributed by atoms with van der Waals surface area (Å²) in [6.45, 7) is 0.711. The fourth-order valence-electron chi connectivity index (χ4n) is 1.20. The zero-order valence-corrected chi connectivity index (χ0v) is 12.3. The van der Waals surface area contributed by atoms with Crippen molar-refractivity contribution in [2.45, 2.75) is 11.3 Å². The van der Waals surface area contributed by atoms with Crippen LogP contribution in [0, 0.1) is 0 Å². The summed E-state index contributed by atoms with van der Waals surface area (Å²) in [5, 5.41) is 2.89. The zero-order chi connectivity index (χ0) is 12.0. The molecule has 0 atom stereocenters. The van der Waals surface area contributed by atoms with Gasteiger partial charge in [-0.2, -0.15) is 11.8 Å². The van der Waals surface area contributed by atoms with Gasteiger partial charge in [-0.1, -0.05) is 0 Å². The maximum absolute atomic E-state index is 11.8. The van der Waals surface area contributed by atoms with Gasteiger partial charge in [0.25, 0.3) is 5.91 Å². The predicted molar refractivity (Wildman–Crippen MR) is 76.7 cm³/mol. The molecule has 16 heavy (non-hydrogen) atoms. The van der Waals surface area contributed by atoms with E-state index in [0.29, 0.717) is 12.1 Å². The van der Waals surface area contributed by atoms with Crippen molar-refractivity contribution in [1.29, 1.82) is 0 Å². The lowest BCUT2D eigenvalue weighted by atomic mass is 10.2. The van der Waals surface area contributed by atoms with Gasteiger partial charge >= 0.3 is 0 Å². The van der Waals surface area contributed by atoms with Gasteiger partial charge in [-0.3, -0.25) is 4.79 Å². The van der Waals surface area contributed by atoms with E-state index in [2.05, 4.69) is 40.1 Å². The number of hydrogen-bond donors (Lipinski definition) is 2. The molecular formula is C11H14BrNOS2. The second-order valence-corrected chi connectivity index (χ2v) is 5.62. The van der Waals surface area contributed by atoms with Crippen LogP contribution in [0.25, 0.3) is 0 Å². The Morgan fingerprint density at radius 3 is 3.00 bits per heavy atom. The van der Waals surface area contributed by atoms with Crippen molar-refractivity contribution in [3.8, 4) is 0 Å². The van der Waals surface area contributed by atoms with Crippen LogP contribution in [0.4, 0.5) is 0 Å². The molecule has 1 rings (SSSR count). The third-order valence-electron chi connectivity index (χ3n) is 2.01. The molecule has 0 saturated heterocycles. The lowest BCUT2D eigenvalue weighted by Crippen LogP contribution is -2.25. The highest BCUT2D eigenvalue weighted by Gasteiger charge is 2.09. The van der Waals surface area contributed by atoms with E-state index >= 15 is 0 Å². The number of rotatable bonds is 5. The van der Waals surface area contributed by atoms with Gasteiger partial charge in [0.1, 0.15) is 0 Å². The van der Waals surface area contributed by atoms with Crippen molar-refractivity contribution < 1.29 is 4.79 Å². The molecule has 1 aromatic rings. The number of thiol groups is 1. The van der Waals surface area contributed by atoms with E-state index in [-0.39, 0.29) is 5.91 Å². The first kappa shape index (κ1) is 13.9. The minimum absolute atomic E-state index is 0.0520. The molecule has 5 heteroatoms. The van der Waals surface area contributed by atoms with Crippen LogP contribution >= 0.6 is 40.3 Å². The van der Waals surface area contributed by atoms with Crippen LogP contribution in [-0.4, -0.2) is 24.5 Å².